The zero-order chi connectivity index (χ0) is 11.5. The summed E-state index contributed by atoms with van der Waals surface area (Å²) in [7, 11) is 0. The van der Waals surface area contributed by atoms with Crippen LogP contribution in [0.3, 0.4) is 0 Å². The molecule has 0 aromatic heterocycles. The molecular weight excluding hydrogens is 217 g/mol. The van der Waals surface area contributed by atoms with Crippen molar-refractivity contribution in [3.8, 4) is 0 Å². The Bertz CT molecular complexity index is 228. The molecular formula is C8H11F3O4. The molecule has 2 atom stereocenters. The molecule has 0 radical (unpaired) electrons. The van der Waals surface area contributed by atoms with Gasteiger partial charge in [-0.1, -0.05) is 0 Å². The number of carboxylic acid groups (broad SMARTS) is 1. The van der Waals surface area contributed by atoms with E-state index in [0.29, 0.717) is 6.42 Å². The molecule has 1 N–H and O–H groups in total. The Labute approximate surface area is 84.0 Å². The lowest BCUT2D eigenvalue weighted by molar-refractivity contribution is -0.342. The van der Waals surface area contributed by atoms with Crippen molar-refractivity contribution in [3.63, 3.8) is 0 Å². The minimum absolute atomic E-state index is 0.0901. The zero-order valence-corrected chi connectivity index (χ0v) is 7.79. The van der Waals surface area contributed by atoms with E-state index in [1.807, 2.05) is 0 Å². The standard InChI is InChI=1S/C8H11F3O4/c9-8(10,11)15-6-2-1-5(3-6)14-4-7(12)13/h5-6H,1-4H2,(H,12,13)/t5-,6+/m0/s1. The van der Waals surface area contributed by atoms with Gasteiger partial charge >= 0.3 is 12.3 Å². The van der Waals surface area contributed by atoms with Gasteiger partial charge in [-0.15, -0.1) is 13.2 Å². The first kappa shape index (κ1) is 12.3. The molecule has 0 aromatic rings. The highest BCUT2D eigenvalue weighted by molar-refractivity contribution is 5.68. The lowest BCUT2D eigenvalue weighted by Gasteiger charge is -2.14. The van der Waals surface area contributed by atoms with Crippen LogP contribution in [0.5, 0.6) is 0 Å². The molecule has 0 heterocycles. The fourth-order valence-corrected chi connectivity index (χ4v) is 1.54. The lowest BCUT2D eigenvalue weighted by Crippen LogP contribution is -2.23. The molecule has 15 heavy (non-hydrogen) atoms. The maximum absolute atomic E-state index is 11.8. The number of carbonyl (C=O) groups is 1. The van der Waals surface area contributed by atoms with Crippen molar-refractivity contribution < 1.29 is 32.5 Å². The molecule has 0 saturated heterocycles. The summed E-state index contributed by atoms with van der Waals surface area (Å²) in [4.78, 5) is 10.1. The van der Waals surface area contributed by atoms with Crippen LogP contribution >= 0.6 is 0 Å². The van der Waals surface area contributed by atoms with E-state index in [0.717, 1.165) is 0 Å². The van der Waals surface area contributed by atoms with E-state index < -0.39 is 31.1 Å². The second-order valence-electron chi connectivity index (χ2n) is 3.33. The fourth-order valence-electron chi connectivity index (χ4n) is 1.54. The first-order chi connectivity index (χ1) is 6.87. The average Bonchev–Trinajstić information content (AvgIpc) is 2.45. The monoisotopic (exact) mass is 228 g/mol. The maximum Gasteiger partial charge on any atom is 0.522 e. The SMILES string of the molecule is O=C(O)CO[C@H]1CC[C@@H](OC(F)(F)F)C1. The van der Waals surface area contributed by atoms with E-state index in [4.69, 9.17) is 9.84 Å². The van der Waals surface area contributed by atoms with E-state index in [1.54, 1.807) is 0 Å². The molecule has 7 heteroatoms. The number of hydrogen-bond donors (Lipinski definition) is 1. The highest BCUT2D eigenvalue weighted by Gasteiger charge is 2.37. The summed E-state index contributed by atoms with van der Waals surface area (Å²) in [5, 5.41) is 8.29. The molecule has 4 nitrogen and oxygen atoms in total. The summed E-state index contributed by atoms with van der Waals surface area (Å²) >= 11 is 0. The van der Waals surface area contributed by atoms with Gasteiger partial charge in [0.05, 0.1) is 12.2 Å². The molecule has 0 aromatic carbocycles. The van der Waals surface area contributed by atoms with Crippen LogP contribution in [0.4, 0.5) is 13.2 Å². The number of carboxylic acids is 1. The molecule has 0 unspecified atom stereocenters. The maximum atomic E-state index is 11.8. The van der Waals surface area contributed by atoms with Gasteiger partial charge in [-0.25, -0.2) is 4.79 Å². The third-order valence-corrected chi connectivity index (χ3v) is 2.08. The molecule has 1 saturated carbocycles. The van der Waals surface area contributed by atoms with E-state index in [-0.39, 0.29) is 12.8 Å². The zero-order valence-electron chi connectivity index (χ0n) is 7.79. The van der Waals surface area contributed by atoms with E-state index in [9.17, 15) is 18.0 Å². The third-order valence-electron chi connectivity index (χ3n) is 2.08. The van der Waals surface area contributed by atoms with Gasteiger partial charge in [0.15, 0.2) is 0 Å². The second kappa shape index (κ2) is 4.80. The molecule has 0 spiro atoms. The molecule has 0 aliphatic heterocycles. The van der Waals surface area contributed by atoms with Gasteiger partial charge in [-0.05, 0) is 12.8 Å². The third kappa shape index (κ3) is 4.98. The fraction of sp³-hybridized carbons (Fsp3) is 0.875. The Morgan fingerprint density at radius 2 is 1.93 bits per heavy atom. The normalized spacial score (nSPS) is 26.9. The van der Waals surface area contributed by atoms with Crippen LogP contribution in [0.15, 0.2) is 0 Å². The van der Waals surface area contributed by atoms with Gasteiger partial charge in [0.25, 0.3) is 0 Å². The van der Waals surface area contributed by atoms with Crippen LogP contribution in [-0.4, -0.2) is 36.3 Å². The van der Waals surface area contributed by atoms with Gasteiger partial charge in [0, 0.05) is 6.42 Å². The summed E-state index contributed by atoms with van der Waals surface area (Å²) in [5.41, 5.74) is 0. The molecule has 1 aliphatic rings. The topological polar surface area (TPSA) is 55.8 Å². The summed E-state index contributed by atoms with van der Waals surface area (Å²) in [6, 6.07) is 0. The Balaban J connectivity index is 2.24. The predicted octanol–water partition coefficient (Wildman–Crippen LogP) is 1.55. The van der Waals surface area contributed by atoms with Crippen molar-refractivity contribution >= 4 is 5.97 Å². The van der Waals surface area contributed by atoms with Crippen molar-refractivity contribution in [2.75, 3.05) is 6.61 Å². The number of aliphatic carboxylic acids is 1. The Morgan fingerprint density at radius 1 is 1.33 bits per heavy atom. The van der Waals surface area contributed by atoms with Gasteiger partial charge in [0.1, 0.15) is 6.61 Å². The highest BCUT2D eigenvalue weighted by atomic mass is 19.4. The average molecular weight is 228 g/mol. The van der Waals surface area contributed by atoms with Gasteiger partial charge in [-0.2, -0.15) is 0 Å². The van der Waals surface area contributed by atoms with Crippen LogP contribution < -0.4 is 0 Å². The van der Waals surface area contributed by atoms with E-state index in [2.05, 4.69) is 4.74 Å². The van der Waals surface area contributed by atoms with Crippen molar-refractivity contribution in [3.05, 3.63) is 0 Å². The second-order valence-corrected chi connectivity index (χ2v) is 3.33. The first-order valence-corrected chi connectivity index (χ1v) is 4.45. The molecule has 1 rings (SSSR count). The molecule has 1 fully saturated rings. The largest absolute Gasteiger partial charge is 0.522 e. The van der Waals surface area contributed by atoms with Gasteiger partial charge < -0.3 is 9.84 Å². The predicted molar refractivity (Wildman–Crippen MR) is 42.2 cm³/mol. The minimum atomic E-state index is -4.63. The summed E-state index contributed by atoms with van der Waals surface area (Å²) in [6.07, 6.45) is -5.27. The number of rotatable bonds is 4. The van der Waals surface area contributed by atoms with Gasteiger partial charge in [-0.3, -0.25) is 4.74 Å². The molecule has 88 valence electrons. The number of alkyl halides is 3. The van der Waals surface area contributed by atoms with Crippen molar-refractivity contribution in [2.45, 2.75) is 37.8 Å². The van der Waals surface area contributed by atoms with Gasteiger partial charge in [0.2, 0.25) is 0 Å². The number of hydrogen-bond acceptors (Lipinski definition) is 3. The number of halogens is 3. The van der Waals surface area contributed by atoms with Crippen LogP contribution in [0.25, 0.3) is 0 Å². The number of ether oxygens (including phenoxy) is 2. The molecule has 0 bridgehead atoms. The van der Waals surface area contributed by atoms with Crippen LogP contribution in [0, 0.1) is 0 Å². The van der Waals surface area contributed by atoms with Crippen LogP contribution in [0.2, 0.25) is 0 Å². The Hall–Kier alpha value is -0.820. The summed E-state index contributed by atoms with van der Waals surface area (Å²) in [6.45, 7) is -0.483. The molecule has 0 amide bonds. The smallest absolute Gasteiger partial charge is 0.480 e. The Kier molecular flexibility index (Phi) is 3.92. The highest BCUT2D eigenvalue weighted by Crippen LogP contribution is 2.30. The van der Waals surface area contributed by atoms with Crippen LogP contribution in [0.1, 0.15) is 19.3 Å². The first-order valence-electron chi connectivity index (χ1n) is 4.45. The lowest BCUT2D eigenvalue weighted by atomic mass is 10.3. The van der Waals surface area contributed by atoms with Crippen molar-refractivity contribution in [2.24, 2.45) is 0 Å². The summed E-state index contributed by atoms with van der Waals surface area (Å²) in [5.74, 6) is -1.13. The quantitative estimate of drug-likeness (QED) is 0.793. The minimum Gasteiger partial charge on any atom is -0.480 e. The summed E-state index contributed by atoms with van der Waals surface area (Å²) < 4.78 is 44.0. The Morgan fingerprint density at radius 3 is 2.47 bits per heavy atom. The van der Waals surface area contributed by atoms with Crippen molar-refractivity contribution in [1.82, 2.24) is 0 Å². The van der Waals surface area contributed by atoms with Crippen LogP contribution in [-0.2, 0) is 14.3 Å². The molecule has 1 aliphatic carbocycles. The van der Waals surface area contributed by atoms with E-state index in [1.165, 1.54) is 0 Å². The van der Waals surface area contributed by atoms with E-state index >= 15 is 0 Å². The van der Waals surface area contributed by atoms with Crippen molar-refractivity contribution in [1.29, 1.82) is 0 Å².